The van der Waals surface area contributed by atoms with Gasteiger partial charge < -0.3 is 10.4 Å². The molecule has 1 saturated carbocycles. The van der Waals surface area contributed by atoms with Crippen LogP contribution in [0.1, 0.15) is 48.2 Å². The third-order valence-corrected chi connectivity index (χ3v) is 6.87. The Balaban J connectivity index is 1.73. The van der Waals surface area contributed by atoms with Crippen molar-refractivity contribution >= 4 is 16.6 Å². The van der Waals surface area contributed by atoms with Gasteiger partial charge in [-0.1, -0.05) is 30.7 Å². The molecule has 1 aromatic heterocycles. The molecule has 1 fully saturated rings. The van der Waals surface area contributed by atoms with Crippen molar-refractivity contribution < 1.29 is 27.1 Å². The molecule has 0 radical (unpaired) electrons. The van der Waals surface area contributed by atoms with Crippen LogP contribution in [-0.4, -0.2) is 26.9 Å². The molecule has 3 aromatic rings. The third-order valence-electron chi connectivity index (χ3n) is 6.87. The predicted octanol–water partition coefficient (Wildman–Crippen LogP) is 5.56. The standard InChI is InChI=1S/C23H20F5N3O/c1-11-29-10-15-18(9-17(24)19(25)20(15)30-11)31-21-14-6-3-2-5-12(14)13-7-4-8-16(13)22(21,32)23(26,27)28/h2-3,5-6,9-10,13,16,21,31-32H,4,7-8H2,1H3. The molecule has 0 aliphatic heterocycles. The Morgan fingerprint density at radius 2 is 1.84 bits per heavy atom. The van der Waals surface area contributed by atoms with Crippen molar-refractivity contribution in [1.29, 1.82) is 0 Å². The zero-order valence-electron chi connectivity index (χ0n) is 17.0. The fourth-order valence-electron chi connectivity index (χ4n) is 5.47. The number of aliphatic hydroxyl groups is 1. The number of alkyl halides is 3. The molecule has 168 valence electrons. The van der Waals surface area contributed by atoms with Crippen LogP contribution in [0, 0.1) is 24.5 Å². The molecule has 5 rings (SSSR count). The summed E-state index contributed by atoms with van der Waals surface area (Å²) in [6, 6.07) is 5.85. The van der Waals surface area contributed by atoms with Crippen molar-refractivity contribution in [3.05, 3.63) is 65.1 Å². The average Bonchev–Trinajstić information content (AvgIpc) is 3.24. The van der Waals surface area contributed by atoms with Gasteiger partial charge in [0.25, 0.3) is 0 Å². The number of aryl methyl sites for hydroxylation is 1. The number of rotatable bonds is 2. The van der Waals surface area contributed by atoms with E-state index in [4.69, 9.17) is 0 Å². The average molecular weight is 449 g/mol. The van der Waals surface area contributed by atoms with Crippen LogP contribution in [0.3, 0.4) is 0 Å². The topological polar surface area (TPSA) is 58.0 Å². The van der Waals surface area contributed by atoms with Crippen LogP contribution in [0.2, 0.25) is 0 Å². The largest absolute Gasteiger partial charge is 0.419 e. The lowest BCUT2D eigenvalue weighted by Crippen LogP contribution is -2.60. The first-order valence-electron chi connectivity index (χ1n) is 10.4. The first-order valence-corrected chi connectivity index (χ1v) is 10.4. The molecule has 4 atom stereocenters. The van der Waals surface area contributed by atoms with Crippen LogP contribution in [-0.2, 0) is 0 Å². The fourth-order valence-corrected chi connectivity index (χ4v) is 5.47. The van der Waals surface area contributed by atoms with Crippen molar-refractivity contribution in [2.45, 2.75) is 49.9 Å². The molecule has 4 nitrogen and oxygen atoms in total. The summed E-state index contributed by atoms with van der Waals surface area (Å²) in [7, 11) is 0. The number of hydrogen-bond acceptors (Lipinski definition) is 4. The number of hydrogen-bond donors (Lipinski definition) is 2. The van der Waals surface area contributed by atoms with Gasteiger partial charge in [0.1, 0.15) is 11.3 Å². The third kappa shape index (κ3) is 2.90. The molecule has 9 heteroatoms. The zero-order valence-corrected chi connectivity index (χ0v) is 17.0. The number of anilines is 1. The van der Waals surface area contributed by atoms with Gasteiger partial charge in [0.15, 0.2) is 17.2 Å². The van der Waals surface area contributed by atoms with E-state index < -0.39 is 41.3 Å². The van der Waals surface area contributed by atoms with Gasteiger partial charge in [-0.2, -0.15) is 13.2 Å². The van der Waals surface area contributed by atoms with Crippen LogP contribution in [0.25, 0.3) is 10.9 Å². The lowest BCUT2D eigenvalue weighted by molar-refractivity contribution is -0.290. The van der Waals surface area contributed by atoms with E-state index in [1.54, 1.807) is 24.3 Å². The van der Waals surface area contributed by atoms with Gasteiger partial charge in [0.2, 0.25) is 0 Å². The summed E-state index contributed by atoms with van der Waals surface area (Å²) < 4.78 is 72.2. The van der Waals surface area contributed by atoms with Gasteiger partial charge in [-0.25, -0.2) is 18.7 Å². The van der Waals surface area contributed by atoms with E-state index in [2.05, 4.69) is 15.3 Å². The van der Waals surface area contributed by atoms with E-state index in [-0.39, 0.29) is 28.8 Å². The number of nitrogens with one attached hydrogen (secondary N) is 1. The van der Waals surface area contributed by atoms with Gasteiger partial charge in [-0.3, -0.25) is 0 Å². The first-order chi connectivity index (χ1) is 15.1. The maximum Gasteiger partial charge on any atom is 0.419 e. The van der Waals surface area contributed by atoms with Crippen LogP contribution in [0.4, 0.5) is 27.6 Å². The molecule has 4 unspecified atom stereocenters. The second-order valence-corrected chi connectivity index (χ2v) is 8.57. The molecule has 2 aliphatic rings. The lowest BCUT2D eigenvalue weighted by Gasteiger charge is -2.49. The van der Waals surface area contributed by atoms with Gasteiger partial charge >= 0.3 is 6.18 Å². The van der Waals surface area contributed by atoms with Gasteiger partial charge in [-0.05, 0) is 36.8 Å². The highest BCUT2D eigenvalue weighted by atomic mass is 19.4. The molecule has 0 saturated heterocycles. The smallest absolute Gasteiger partial charge is 0.378 e. The normalized spacial score (nSPS) is 27.3. The molecular weight excluding hydrogens is 429 g/mol. The van der Waals surface area contributed by atoms with Gasteiger partial charge in [0.05, 0.1) is 6.04 Å². The minimum atomic E-state index is -4.95. The van der Waals surface area contributed by atoms with Crippen molar-refractivity contribution in [3.8, 4) is 0 Å². The summed E-state index contributed by atoms with van der Waals surface area (Å²) in [5.74, 6) is -3.75. The van der Waals surface area contributed by atoms with E-state index >= 15 is 0 Å². The maximum absolute atomic E-state index is 14.5. The highest BCUT2D eigenvalue weighted by Crippen LogP contribution is 2.60. The van der Waals surface area contributed by atoms with Crippen LogP contribution in [0.5, 0.6) is 0 Å². The number of nitrogens with zero attached hydrogens (tertiary/aromatic N) is 2. The van der Waals surface area contributed by atoms with Crippen molar-refractivity contribution in [3.63, 3.8) is 0 Å². The van der Waals surface area contributed by atoms with Gasteiger partial charge in [-0.15, -0.1) is 0 Å². The van der Waals surface area contributed by atoms with Crippen molar-refractivity contribution in [2.24, 2.45) is 5.92 Å². The maximum atomic E-state index is 14.5. The Morgan fingerprint density at radius 3 is 2.56 bits per heavy atom. The molecule has 0 amide bonds. The number of benzene rings is 2. The Kier molecular flexibility index (Phi) is 4.67. The van der Waals surface area contributed by atoms with Gasteiger partial charge in [0, 0.05) is 29.3 Å². The first kappa shape index (κ1) is 21.1. The predicted molar refractivity (Wildman–Crippen MR) is 108 cm³/mol. The van der Waals surface area contributed by atoms with E-state index in [0.29, 0.717) is 18.4 Å². The van der Waals surface area contributed by atoms with E-state index in [1.807, 2.05) is 0 Å². The minimum Gasteiger partial charge on any atom is -0.378 e. The molecule has 2 aromatic carbocycles. The quantitative estimate of drug-likeness (QED) is 0.503. The number of aromatic nitrogens is 2. The molecule has 0 bridgehead atoms. The Labute approximate surface area is 180 Å². The molecule has 0 spiro atoms. The summed E-state index contributed by atoms with van der Waals surface area (Å²) in [6.45, 7) is 1.50. The molecular formula is C23H20F5N3O. The number of fused-ring (bicyclic) bond motifs is 4. The Morgan fingerprint density at radius 1 is 1.12 bits per heavy atom. The summed E-state index contributed by atoms with van der Waals surface area (Å²) in [5, 5.41) is 14.1. The second kappa shape index (κ2) is 7.10. The monoisotopic (exact) mass is 449 g/mol. The highest BCUT2D eigenvalue weighted by Gasteiger charge is 2.67. The zero-order chi connectivity index (χ0) is 22.8. The summed E-state index contributed by atoms with van der Waals surface area (Å²) in [5.41, 5.74) is -2.51. The molecule has 1 heterocycles. The van der Waals surface area contributed by atoms with E-state index in [1.165, 1.54) is 13.1 Å². The minimum absolute atomic E-state index is 0.0325. The summed E-state index contributed by atoms with van der Waals surface area (Å²) in [6.07, 6.45) is -2.38. The highest BCUT2D eigenvalue weighted by molar-refractivity contribution is 5.91. The Bertz CT molecular complexity index is 1210. The van der Waals surface area contributed by atoms with Crippen molar-refractivity contribution in [1.82, 2.24) is 9.97 Å². The molecule has 2 N–H and O–H groups in total. The summed E-state index contributed by atoms with van der Waals surface area (Å²) >= 11 is 0. The second-order valence-electron chi connectivity index (χ2n) is 8.57. The van der Waals surface area contributed by atoms with E-state index in [9.17, 15) is 27.1 Å². The van der Waals surface area contributed by atoms with E-state index in [0.717, 1.165) is 11.6 Å². The van der Waals surface area contributed by atoms with Crippen LogP contribution in [0.15, 0.2) is 36.5 Å². The van der Waals surface area contributed by atoms with Crippen LogP contribution < -0.4 is 5.32 Å². The SMILES string of the molecule is Cc1ncc2c(NC3c4ccccc4C4CCCC4C3(O)C(F)(F)F)cc(F)c(F)c2n1. The lowest BCUT2D eigenvalue weighted by atomic mass is 9.64. The number of halogens is 5. The summed E-state index contributed by atoms with van der Waals surface area (Å²) in [4.78, 5) is 7.91. The molecule has 2 aliphatic carbocycles. The van der Waals surface area contributed by atoms with Crippen LogP contribution >= 0.6 is 0 Å². The molecule has 32 heavy (non-hydrogen) atoms. The van der Waals surface area contributed by atoms with Crippen molar-refractivity contribution in [2.75, 3.05) is 5.32 Å². The fraction of sp³-hybridized carbons (Fsp3) is 0.391. The Hall–Kier alpha value is -2.81.